The Balaban J connectivity index is 1.92. The number of hydrogen-bond donors (Lipinski definition) is 0. The SMILES string of the molecule is CCc1c(C(=O)N=c2sccn2C)cnn1Cc1ccccc1. The van der Waals surface area contributed by atoms with Gasteiger partial charge in [-0.15, -0.1) is 11.3 Å². The Labute approximate surface area is 138 Å². The molecule has 2 aromatic heterocycles. The monoisotopic (exact) mass is 326 g/mol. The van der Waals surface area contributed by atoms with Crippen molar-refractivity contribution in [3.63, 3.8) is 0 Å². The maximum absolute atomic E-state index is 12.5. The second-order valence-corrected chi connectivity index (χ2v) is 6.09. The Morgan fingerprint density at radius 1 is 1.30 bits per heavy atom. The number of aromatic nitrogens is 3. The summed E-state index contributed by atoms with van der Waals surface area (Å²) in [4.78, 5) is 17.4. The van der Waals surface area contributed by atoms with Gasteiger partial charge in [0.2, 0.25) is 0 Å². The molecule has 0 fully saturated rings. The molecule has 0 saturated carbocycles. The zero-order valence-electron chi connectivity index (χ0n) is 13.1. The van der Waals surface area contributed by atoms with Crippen molar-refractivity contribution in [2.24, 2.45) is 12.0 Å². The summed E-state index contributed by atoms with van der Waals surface area (Å²) >= 11 is 1.44. The molecule has 0 N–H and O–H groups in total. The second-order valence-electron chi connectivity index (χ2n) is 5.22. The summed E-state index contributed by atoms with van der Waals surface area (Å²) in [6.07, 6.45) is 4.25. The van der Waals surface area contributed by atoms with E-state index in [9.17, 15) is 4.79 Å². The molecule has 23 heavy (non-hydrogen) atoms. The number of thiazole rings is 1. The van der Waals surface area contributed by atoms with Crippen molar-refractivity contribution in [1.29, 1.82) is 0 Å². The van der Waals surface area contributed by atoms with E-state index in [0.29, 0.717) is 16.9 Å². The first-order valence-corrected chi connectivity index (χ1v) is 8.34. The van der Waals surface area contributed by atoms with Crippen LogP contribution in [0.4, 0.5) is 0 Å². The highest BCUT2D eigenvalue weighted by molar-refractivity contribution is 7.07. The van der Waals surface area contributed by atoms with Crippen molar-refractivity contribution in [2.45, 2.75) is 19.9 Å². The zero-order chi connectivity index (χ0) is 16.2. The van der Waals surface area contributed by atoms with Crippen LogP contribution in [-0.4, -0.2) is 20.3 Å². The molecule has 1 aromatic carbocycles. The van der Waals surface area contributed by atoms with E-state index in [4.69, 9.17) is 0 Å². The predicted octanol–water partition coefficient (Wildman–Crippen LogP) is 2.63. The first-order chi connectivity index (χ1) is 11.2. The van der Waals surface area contributed by atoms with Crippen LogP contribution < -0.4 is 4.80 Å². The molecule has 0 spiro atoms. The summed E-state index contributed by atoms with van der Waals surface area (Å²) in [5, 5.41) is 6.30. The van der Waals surface area contributed by atoms with Crippen LogP contribution in [-0.2, 0) is 20.0 Å². The normalized spacial score (nSPS) is 11.8. The number of rotatable bonds is 4. The van der Waals surface area contributed by atoms with Crippen LogP contribution in [0.1, 0.15) is 28.5 Å². The molecule has 1 amide bonds. The molecule has 3 rings (SSSR count). The Hall–Kier alpha value is -2.47. The summed E-state index contributed by atoms with van der Waals surface area (Å²) in [6, 6.07) is 10.1. The van der Waals surface area contributed by atoms with Gasteiger partial charge in [-0.2, -0.15) is 10.1 Å². The lowest BCUT2D eigenvalue weighted by Gasteiger charge is -2.07. The van der Waals surface area contributed by atoms with E-state index in [1.165, 1.54) is 11.3 Å². The predicted molar refractivity (Wildman–Crippen MR) is 90.3 cm³/mol. The van der Waals surface area contributed by atoms with Gasteiger partial charge in [-0.25, -0.2) is 0 Å². The first kappa shape index (κ1) is 15.4. The topological polar surface area (TPSA) is 52.2 Å². The molecule has 0 aliphatic heterocycles. The number of carbonyl (C=O) groups is 1. The third-order valence-corrected chi connectivity index (χ3v) is 4.49. The molecular weight excluding hydrogens is 308 g/mol. The standard InChI is InChI=1S/C17H18N4OS/c1-3-15-14(16(22)19-17-20(2)9-10-23-17)11-18-21(15)12-13-7-5-4-6-8-13/h4-11H,3,12H2,1-2H3. The molecular formula is C17H18N4OS. The van der Waals surface area contributed by atoms with Crippen LogP contribution in [0.25, 0.3) is 0 Å². The van der Waals surface area contributed by atoms with Crippen molar-refractivity contribution in [2.75, 3.05) is 0 Å². The van der Waals surface area contributed by atoms with Gasteiger partial charge in [0, 0.05) is 18.6 Å². The largest absolute Gasteiger partial charge is 0.327 e. The molecule has 0 aliphatic rings. The van der Waals surface area contributed by atoms with E-state index in [0.717, 1.165) is 17.7 Å². The molecule has 5 nitrogen and oxygen atoms in total. The van der Waals surface area contributed by atoms with Gasteiger partial charge in [0.15, 0.2) is 4.80 Å². The maximum Gasteiger partial charge on any atom is 0.283 e. The van der Waals surface area contributed by atoms with Gasteiger partial charge in [-0.3, -0.25) is 9.48 Å². The third kappa shape index (κ3) is 3.32. The lowest BCUT2D eigenvalue weighted by atomic mass is 10.2. The summed E-state index contributed by atoms with van der Waals surface area (Å²) in [5.74, 6) is -0.237. The number of carbonyl (C=O) groups excluding carboxylic acids is 1. The summed E-state index contributed by atoms with van der Waals surface area (Å²) < 4.78 is 3.72. The fourth-order valence-corrected chi connectivity index (χ4v) is 3.16. The molecule has 118 valence electrons. The minimum atomic E-state index is -0.237. The number of amides is 1. The highest BCUT2D eigenvalue weighted by Gasteiger charge is 2.16. The molecule has 0 bridgehead atoms. The zero-order valence-corrected chi connectivity index (χ0v) is 14.0. The van der Waals surface area contributed by atoms with Crippen molar-refractivity contribution < 1.29 is 4.79 Å². The Morgan fingerprint density at radius 3 is 2.74 bits per heavy atom. The molecule has 3 aromatic rings. The van der Waals surface area contributed by atoms with Gasteiger partial charge in [0.25, 0.3) is 5.91 Å². The van der Waals surface area contributed by atoms with E-state index in [1.807, 2.05) is 53.0 Å². The van der Waals surface area contributed by atoms with E-state index in [-0.39, 0.29) is 5.91 Å². The van der Waals surface area contributed by atoms with E-state index < -0.39 is 0 Å². The van der Waals surface area contributed by atoms with Gasteiger partial charge in [-0.1, -0.05) is 37.3 Å². The van der Waals surface area contributed by atoms with Gasteiger partial charge in [-0.05, 0) is 12.0 Å². The molecule has 6 heteroatoms. The van der Waals surface area contributed by atoms with Crippen molar-refractivity contribution in [1.82, 2.24) is 14.3 Å². The molecule has 2 heterocycles. The summed E-state index contributed by atoms with van der Waals surface area (Å²) in [6.45, 7) is 2.69. The van der Waals surface area contributed by atoms with Crippen LogP contribution in [0.2, 0.25) is 0 Å². The van der Waals surface area contributed by atoms with Crippen LogP contribution in [0.15, 0.2) is 53.1 Å². The minimum Gasteiger partial charge on any atom is -0.327 e. The van der Waals surface area contributed by atoms with Crippen LogP contribution in [0.3, 0.4) is 0 Å². The first-order valence-electron chi connectivity index (χ1n) is 7.47. The average molecular weight is 326 g/mol. The van der Waals surface area contributed by atoms with Gasteiger partial charge in [0.1, 0.15) is 0 Å². The van der Waals surface area contributed by atoms with Crippen molar-refractivity contribution in [3.8, 4) is 0 Å². The van der Waals surface area contributed by atoms with Crippen LogP contribution >= 0.6 is 11.3 Å². The quantitative estimate of drug-likeness (QED) is 0.740. The highest BCUT2D eigenvalue weighted by Crippen LogP contribution is 2.13. The van der Waals surface area contributed by atoms with E-state index >= 15 is 0 Å². The fraction of sp³-hybridized carbons (Fsp3) is 0.235. The molecule has 0 unspecified atom stereocenters. The Bertz CT molecular complexity index is 873. The molecule has 0 aliphatic carbocycles. The second kappa shape index (κ2) is 6.75. The number of benzene rings is 1. The van der Waals surface area contributed by atoms with Gasteiger partial charge in [0.05, 0.1) is 24.0 Å². The Kier molecular flexibility index (Phi) is 4.52. The van der Waals surface area contributed by atoms with Crippen LogP contribution in [0.5, 0.6) is 0 Å². The average Bonchev–Trinajstić information content (AvgIpc) is 3.15. The number of hydrogen-bond acceptors (Lipinski definition) is 3. The lowest BCUT2D eigenvalue weighted by molar-refractivity contribution is 0.0997. The highest BCUT2D eigenvalue weighted by atomic mass is 32.1. The van der Waals surface area contributed by atoms with Gasteiger partial charge >= 0.3 is 0 Å². The number of aryl methyl sites for hydroxylation is 1. The van der Waals surface area contributed by atoms with Crippen LogP contribution in [0, 0.1) is 0 Å². The molecule has 0 saturated heterocycles. The summed E-state index contributed by atoms with van der Waals surface area (Å²) in [5.41, 5.74) is 2.66. The maximum atomic E-state index is 12.5. The lowest BCUT2D eigenvalue weighted by Crippen LogP contribution is -2.14. The molecule has 0 radical (unpaired) electrons. The minimum absolute atomic E-state index is 0.237. The number of nitrogens with zero attached hydrogens (tertiary/aromatic N) is 4. The van der Waals surface area contributed by atoms with E-state index in [1.54, 1.807) is 6.20 Å². The fourth-order valence-electron chi connectivity index (χ4n) is 2.44. The van der Waals surface area contributed by atoms with Gasteiger partial charge < -0.3 is 4.57 Å². The molecule has 0 atom stereocenters. The Morgan fingerprint density at radius 2 is 2.09 bits per heavy atom. The van der Waals surface area contributed by atoms with E-state index in [2.05, 4.69) is 22.2 Å². The van der Waals surface area contributed by atoms with Crippen molar-refractivity contribution >= 4 is 17.2 Å². The third-order valence-electron chi connectivity index (χ3n) is 3.65. The smallest absolute Gasteiger partial charge is 0.283 e. The van der Waals surface area contributed by atoms with Crippen molar-refractivity contribution in [3.05, 3.63) is 69.7 Å². The summed E-state index contributed by atoms with van der Waals surface area (Å²) in [7, 11) is 1.88.